The normalized spacial score (nSPS) is 13.2. The summed E-state index contributed by atoms with van der Waals surface area (Å²) < 4.78 is 26.0. The van der Waals surface area contributed by atoms with E-state index in [-0.39, 0.29) is 13.0 Å². The molecular weight excluding hydrogens is 254 g/mol. The van der Waals surface area contributed by atoms with E-state index in [2.05, 4.69) is 15.9 Å². The first kappa shape index (κ1) is 11.6. The van der Waals surface area contributed by atoms with Crippen LogP contribution < -0.4 is 0 Å². The summed E-state index contributed by atoms with van der Waals surface area (Å²) in [5, 5.41) is 8.66. The third-order valence-corrected chi connectivity index (χ3v) is 2.57. The van der Waals surface area contributed by atoms with Crippen molar-refractivity contribution >= 4 is 15.9 Å². The predicted molar refractivity (Wildman–Crippen MR) is 54.6 cm³/mol. The van der Waals surface area contributed by atoms with Crippen LogP contribution in [0.4, 0.5) is 8.78 Å². The molecule has 1 nitrogen and oxygen atoms in total. The summed E-state index contributed by atoms with van der Waals surface area (Å²) in [5.74, 6) is -0.868. The van der Waals surface area contributed by atoms with Gasteiger partial charge >= 0.3 is 0 Å². The average Bonchev–Trinajstić information content (AvgIpc) is 2.15. The molecule has 0 aliphatic heterocycles. The SMILES string of the molecule is OCCC(c1ccc(Br)cc1)C(F)F. The first-order valence-corrected chi connectivity index (χ1v) is 5.09. The number of halogens is 3. The molecule has 0 spiro atoms. The lowest BCUT2D eigenvalue weighted by Crippen LogP contribution is -2.10. The average molecular weight is 265 g/mol. The molecule has 0 fully saturated rings. The van der Waals surface area contributed by atoms with E-state index in [0.29, 0.717) is 5.56 Å². The fraction of sp³-hybridized carbons (Fsp3) is 0.400. The van der Waals surface area contributed by atoms with Crippen molar-refractivity contribution in [2.45, 2.75) is 18.8 Å². The number of hydrogen-bond acceptors (Lipinski definition) is 1. The zero-order valence-electron chi connectivity index (χ0n) is 7.46. The highest BCUT2D eigenvalue weighted by Crippen LogP contribution is 2.27. The lowest BCUT2D eigenvalue weighted by molar-refractivity contribution is 0.0988. The molecule has 14 heavy (non-hydrogen) atoms. The summed E-state index contributed by atoms with van der Waals surface area (Å²) in [4.78, 5) is 0. The number of hydrogen-bond donors (Lipinski definition) is 1. The molecule has 0 aliphatic rings. The standard InChI is InChI=1S/C10H11BrF2O/c11-8-3-1-7(2-4-8)9(5-6-14)10(12)13/h1-4,9-10,14H,5-6H2. The van der Waals surface area contributed by atoms with E-state index in [1.54, 1.807) is 24.3 Å². The second kappa shape index (κ2) is 5.41. The molecule has 0 aromatic heterocycles. The molecule has 1 aromatic rings. The number of aliphatic hydroxyl groups excluding tert-OH is 1. The van der Waals surface area contributed by atoms with Crippen molar-refractivity contribution in [3.05, 3.63) is 34.3 Å². The lowest BCUT2D eigenvalue weighted by Gasteiger charge is -2.14. The maximum atomic E-state index is 12.5. The van der Waals surface area contributed by atoms with E-state index in [1.165, 1.54) is 0 Å². The minimum absolute atomic E-state index is 0.0965. The Bertz CT molecular complexity index is 274. The van der Waals surface area contributed by atoms with Gasteiger partial charge < -0.3 is 5.11 Å². The van der Waals surface area contributed by atoms with Gasteiger partial charge in [0, 0.05) is 17.0 Å². The van der Waals surface area contributed by atoms with Gasteiger partial charge in [0.15, 0.2) is 0 Å². The maximum absolute atomic E-state index is 12.5. The van der Waals surface area contributed by atoms with Gasteiger partial charge in [-0.05, 0) is 24.1 Å². The van der Waals surface area contributed by atoms with Gasteiger partial charge in [0.1, 0.15) is 0 Å². The Balaban J connectivity index is 2.82. The van der Waals surface area contributed by atoms with Crippen LogP contribution in [0.5, 0.6) is 0 Å². The Morgan fingerprint density at radius 2 is 1.79 bits per heavy atom. The first-order chi connectivity index (χ1) is 6.65. The lowest BCUT2D eigenvalue weighted by atomic mass is 9.97. The summed E-state index contributed by atoms with van der Waals surface area (Å²) in [6.45, 7) is -0.217. The van der Waals surface area contributed by atoms with Gasteiger partial charge in [-0.25, -0.2) is 8.78 Å². The summed E-state index contributed by atoms with van der Waals surface area (Å²) in [7, 11) is 0. The molecule has 0 amide bonds. The van der Waals surface area contributed by atoms with Crippen LogP contribution in [0.1, 0.15) is 17.9 Å². The fourth-order valence-corrected chi connectivity index (χ4v) is 1.55. The number of benzene rings is 1. The van der Waals surface area contributed by atoms with Crippen LogP contribution >= 0.6 is 15.9 Å². The summed E-state index contributed by atoms with van der Waals surface area (Å²) in [6.07, 6.45) is -2.33. The Labute approximate surface area is 89.9 Å². The van der Waals surface area contributed by atoms with Crippen molar-refractivity contribution in [2.75, 3.05) is 6.61 Å². The minimum atomic E-state index is -2.43. The van der Waals surface area contributed by atoms with Crippen LogP contribution in [0.3, 0.4) is 0 Å². The van der Waals surface area contributed by atoms with Crippen molar-refractivity contribution in [3.8, 4) is 0 Å². The molecule has 4 heteroatoms. The molecule has 0 heterocycles. The topological polar surface area (TPSA) is 20.2 Å². The van der Waals surface area contributed by atoms with Crippen molar-refractivity contribution < 1.29 is 13.9 Å². The van der Waals surface area contributed by atoms with Gasteiger partial charge in [-0.1, -0.05) is 28.1 Å². The van der Waals surface area contributed by atoms with E-state index in [4.69, 9.17) is 5.11 Å². The van der Waals surface area contributed by atoms with Gasteiger partial charge in [0.2, 0.25) is 6.43 Å². The molecule has 0 saturated carbocycles. The first-order valence-electron chi connectivity index (χ1n) is 4.29. The molecule has 1 unspecified atom stereocenters. The summed E-state index contributed by atoms with van der Waals surface area (Å²) in [6, 6.07) is 6.75. The van der Waals surface area contributed by atoms with Crippen LogP contribution in [0, 0.1) is 0 Å². The zero-order chi connectivity index (χ0) is 10.6. The highest BCUT2D eigenvalue weighted by atomic mass is 79.9. The fourth-order valence-electron chi connectivity index (χ4n) is 1.29. The second-order valence-corrected chi connectivity index (χ2v) is 3.92. The Morgan fingerprint density at radius 3 is 2.21 bits per heavy atom. The number of rotatable bonds is 4. The quantitative estimate of drug-likeness (QED) is 0.886. The molecular formula is C10H11BrF2O. The minimum Gasteiger partial charge on any atom is -0.396 e. The Morgan fingerprint density at radius 1 is 1.21 bits per heavy atom. The van der Waals surface area contributed by atoms with Crippen molar-refractivity contribution in [2.24, 2.45) is 0 Å². The van der Waals surface area contributed by atoms with E-state index < -0.39 is 12.3 Å². The molecule has 1 aromatic carbocycles. The van der Waals surface area contributed by atoms with E-state index >= 15 is 0 Å². The van der Waals surface area contributed by atoms with Gasteiger partial charge in [-0.3, -0.25) is 0 Å². The highest BCUT2D eigenvalue weighted by molar-refractivity contribution is 9.10. The van der Waals surface area contributed by atoms with Crippen molar-refractivity contribution in [3.63, 3.8) is 0 Å². The molecule has 1 rings (SSSR count). The van der Waals surface area contributed by atoms with Crippen LogP contribution in [-0.4, -0.2) is 18.1 Å². The van der Waals surface area contributed by atoms with Crippen molar-refractivity contribution in [1.29, 1.82) is 0 Å². The van der Waals surface area contributed by atoms with E-state index in [0.717, 1.165) is 4.47 Å². The van der Waals surface area contributed by atoms with E-state index in [1.807, 2.05) is 0 Å². The Kier molecular flexibility index (Phi) is 4.48. The number of aliphatic hydroxyl groups is 1. The molecule has 0 aliphatic carbocycles. The van der Waals surface area contributed by atoms with Crippen LogP contribution in [0.2, 0.25) is 0 Å². The third-order valence-electron chi connectivity index (χ3n) is 2.04. The van der Waals surface area contributed by atoms with Crippen LogP contribution in [0.15, 0.2) is 28.7 Å². The predicted octanol–water partition coefficient (Wildman–Crippen LogP) is 3.18. The molecule has 0 bridgehead atoms. The molecule has 1 N–H and O–H groups in total. The Hall–Kier alpha value is -0.480. The number of alkyl halides is 2. The smallest absolute Gasteiger partial charge is 0.245 e. The molecule has 78 valence electrons. The highest BCUT2D eigenvalue weighted by Gasteiger charge is 2.21. The molecule has 0 radical (unpaired) electrons. The zero-order valence-corrected chi connectivity index (χ0v) is 9.05. The molecule has 0 saturated heterocycles. The maximum Gasteiger partial charge on any atom is 0.245 e. The van der Waals surface area contributed by atoms with Gasteiger partial charge in [-0.2, -0.15) is 0 Å². The summed E-state index contributed by atoms with van der Waals surface area (Å²) in [5.41, 5.74) is 0.567. The van der Waals surface area contributed by atoms with Crippen LogP contribution in [-0.2, 0) is 0 Å². The summed E-state index contributed by atoms with van der Waals surface area (Å²) >= 11 is 3.23. The van der Waals surface area contributed by atoms with E-state index in [9.17, 15) is 8.78 Å². The van der Waals surface area contributed by atoms with Crippen LogP contribution in [0.25, 0.3) is 0 Å². The largest absolute Gasteiger partial charge is 0.396 e. The second-order valence-electron chi connectivity index (χ2n) is 3.00. The van der Waals surface area contributed by atoms with Gasteiger partial charge in [-0.15, -0.1) is 0 Å². The van der Waals surface area contributed by atoms with Crippen molar-refractivity contribution in [1.82, 2.24) is 0 Å². The molecule has 1 atom stereocenters. The monoisotopic (exact) mass is 264 g/mol. The van der Waals surface area contributed by atoms with Gasteiger partial charge in [0.05, 0.1) is 0 Å². The van der Waals surface area contributed by atoms with Gasteiger partial charge in [0.25, 0.3) is 0 Å². The third kappa shape index (κ3) is 3.03.